The van der Waals surface area contributed by atoms with Gasteiger partial charge in [-0.1, -0.05) is 5.16 Å². The third kappa shape index (κ3) is 3.31. The van der Waals surface area contributed by atoms with Crippen LogP contribution in [0.25, 0.3) is 0 Å². The summed E-state index contributed by atoms with van der Waals surface area (Å²) in [5, 5.41) is 6.44. The Morgan fingerprint density at radius 3 is 2.67 bits per heavy atom. The smallest absolute Gasteiger partial charge is 0.257 e. The van der Waals surface area contributed by atoms with E-state index in [1.54, 1.807) is 19.9 Å². The molecule has 0 spiro atoms. The summed E-state index contributed by atoms with van der Waals surface area (Å²) in [6.07, 6.45) is 0. The van der Waals surface area contributed by atoms with Gasteiger partial charge >= 0.3 is 0 Å². The molecule has 0 fully saturated rings. The average Bonchev–Trinajstić information content (AvgIpc) is 3.04. The van der Waals surface area contributed by atoms with Gasteiger partial charge in [0.05, 0.1) is 12.2 Å². The van der Waals surface area contributed by atoms with Crippen molar-refractivity contribution < 1.29 is 17.7 Å². The monoisotopic (exact) mass is 329 g/mol. The Morgan fingerprint density at radius 1 is 1.38 bits per heavy atom. The number of carbonyl (C=O) groups excluding carboxylic acids is 1. The summed E-state index contributed by atoms with van der Waals surface area (Å²) in [5.74, 6) is 0.160. The van der Waals surface area contributed by atoms with Crippen LogP contribution in [0.5, 0.6) is 0 Å². The van der Waals surface area contributed by atoms with Gasteiger partial charge in [0.2, 0.25) is 10.0 Å². The topological polar surface area (TPSA) is 101 Å². The Morgan fingerprint density at radius 2 is 2.10 bits per heavy atom. The first kappa shape index (κ1) is 15.7. The number of carbonyl (C=O) groups is 1. The molecule has 0 radical (unpaired) electrons. The van der Waals surface area contributed by atoms with Gasteiger partial charge in [-0.25, -0.2) is 13.1 Å². The maximum Gasteiger partial charge on any atom is 0.257 e. The van der Waals surface area contributed by atoms with Crippen LogP contribution in [0.4, 0.5) is 0 Å². The highest BCUT2D eigenvalue weighted by Gasteiger charge is 2.18. The number of thiophene rings is 1. The maximum absolute atomic E-state index is 12.0. The fraction of sp³-hybridized carbons (Fsp3) is 0.333. The van der Waals surface area contributed by atoms with Gasteiger partial charge in [0.25, 0.3) is 5.91 Å². The Hall–Kier alpha value is -1.71. The largest absolute Gasteiger partial charge is 0.361 e. The van der Waals surface area contributed by atoms with Gasteiger partial charge < -0.3 is 9.84 Å². The average molecular weight is 329 g/mol. The first-order valence-corrected chi connectivity index (χ1v) is 8.38. The summed E-state index contributed by atoms with van der Waals surface area (Å²) in [6, 6.07) is 3.18. The zero-order valence-electron chi connectivity index (χ0n) is 11.8. The van der Waals surface area contributed by atoms with Crippen molar-refractivity contribution in [2.45, 2.75) is 24.6 Å². The van der Waals surface area contributed by atoms with Crippen LogP contribution in [0.2, 0.25) is 0 Å². The van der Waals surface area contributed by atoms with E-state index in [0.717, 1.165) is 16.2 Å². The molecule has 2 heterocycles. The summed E-state index contributed by atoms with van der Waals surface area (Å²) in [4.78, 5) is 12.8. The molecule has 0 bridgehead atoms. The third-order valence-corrected chi connectivity index (χ3v) is 5.85. The van der Waals surface area contributed by atoms with E-state index in [1.807, 2.05) is 0 Å². The van der Waals surface area contributed by atoms with Crippen LogP contribution in [0.3, 0.4) is 0 Å². The Labute approximate surface area is 126 Å². The fourth-order valence-electron chi connectivity index (χ4n) is 1.76. The zero-order valence-corrected chi connectivity index (χ0v) is 13.4. The molecule has 0 atom stereocenters. The van der Waals surface area contributed by atoms with E-state index in [4.69, 9.17) is 4.52 Å². The molecule has 9 heteroatoms. The minimum atomic E-state index is -3.44. The highest BCUT2D eigenvalue weighted by atomic mass is 32.2. The standard InChI is InChI=1S/C12H15N3O4S2/c1-7-11(8(2)19-15-7)12(16)14-6-9-4-5-10(20-9)21(17,18)13-3/h4-5,13H,6H2,1-3H3,(H,14,16). The summed E-state index contributed by atoms with van der Waals surface area (Å²) >= 11 is 1.11. The third-order valence-electron chi connectivity index (χ3n) is 2.85. The van der Waals surface area contributed by atoms with Gasteiger partial charge in [-0.2, -0.15) is 0 Å². The molecule has 114 valence electrons. The van der Waals surface area contributed by atoms with Crippen LogP contribution in [0, 0.1) is 13.8 Å². The van der Waals surface area contributed by atoms with Gasteiger partial charge in [0.1, 0.15) is 15.5 Å². The normalized spacial score (nSPS) is 11.6. The molecule has 21 heavy (non-hydrogen) atoms. The lowest BCUT2D eigenvalue weighted by molar-refractivity contribution is 0.0949. The van der Waals surface area contributed by atoms with E-state index >= 15 is 0 Å². The van der Waals surface area contributed by atoms with Crippen molar-refractivity contribution in [3.8, 4) is 0 Å². The number of rotatable bonds is 5. The summed E-state index contributed by atoms with van der Waals surface area (Å²) in [5.41, 5.74) is 0.934. The van der Waals surface area contributed by atoms with Crippen molar-refractivity contribution in [2.24, 2.45) is 0 Å². The molecule has 0 aliphatic carbocycles. The van der Waals surface area contributed by atoms with Gasteiger partial charge in [-0.05, 0) is 33.0 Å². The van der Waals surface area contributed by atoms with Crippen LogP contribution >= 0.6 is 11.3 Å². The highest BCUT2D eigenvalue weighted by molar-refractivity contribution is 7.91. The first-order chi connectivity index (χ1) is 9.85. The highest BCUT2D eigenvalue weighted by Crippen LogP contribution is 2.21. The quantitative estimate of drug-likeness (QED) is 0.858. The lowest BCUT2D eigenvalue weighted by atomic mass is 10.2. The molecule has 2 N–H and O–H groups in total. The number of hydrogen-bond donors (Lipinski definition) is 2. The minimum absolute atomic E-state index is 0.214. The molecule has 7 nitrogen and oxygen atoms in total. The second kappa shape index (κ2) is 5.96. The van der Waals surface area contributed by atoms with Gasteiger partial charge in [-0.15, -0.1) is 11.3 Å². The molecule has 0 saturated carbocycles. The maximum atomic E-state index is 12.0. The summed E-state index contributed by atoms with van der Waals surface area (Å²) in [6.45, 7) is 3.60. The first-order valence-electron chi connectivity index (χ1n) is 6.08. The van der Waals surface area contributed by atoms with Gasteiger partial charge in [-0.3, -0.25) is 4.79 Å². The van der Waals surface area contributed by atoms with Crippen molar-refractivity contribution in [1.82, 2.24) is 15.2 Å². The summed E-state index contributed by atoms with van der Waals surface area (Å²) < 4.78 is 30.6. The molecule has 0 aliphatic heterocycles. The van der Waals surface area contributed by atoms with Crippen molar-refractivity contribution in [1.29, 1.82) is 0 Å². The summed E-state index contributed by atoms with van der Waals surface area (Å²) in [7, 11) is -2.09. The predicted octanol–water partition coefficient (Wildman–Crippen LogP) is 1.19. The van der Waals surface area contributed by atoms with E-state index in [0.29, 0.717) is 17.0 Å². The van der Waals surface area contributed by atoms with Crippen LogP contribution in [0.1, 0.15) is 26.7 Å². The van der Waals surface area contributed by atoms with Gasteiger partial charge in [0, 0.05) is 4.88 Å². The molecule has 0 aromatic carbocycles. The van der Waals surface area contributed by atoms with Gasteiger partial charge in [0.15, 0.2) is 0 Å². The van der Waals surface area contributed by atoms with Crippen LogP contribution < -0.4 is 10.0 Å². The van der Waals surface area contributed by atoms with Crippen LogP contribution in [-0.2, 0) is 16.6 Å². The van der Waals surface area contributed by atoms with E-state index in [9.17, 15) is 13.2 Å². The number of amides is 1. The van der Waals surface area contributed by atoms with E-state index < -0.39 is 10.0 Å². The lowest BCUT2D eigenvalue weighted by Crippen LogP contribution is -2.23. The lowest BCUT2D eigenvalue weighted by Gasteiger charge is -2.02. The van der Waals surface area contributed by atoms with E-state index in [-0.39, 0.29) is 16.7 Å². The number of hydrogen-bond acceptors (Lipinski definition) is 6. The van der Waals surface area contributed by atoms with Crippen molar-refractivity contribution >= 4 is 27.3 Å². The Balaban J connectivity index is 2.06. The van der Waals surface area contributed by atoms with Crippen molar-refractivity contribution in [3.05, 3.63) is 34.0 Å². The van der Waals surface area contributed by atoms with E-state index in [2.05, 4.69) is 15.2 Å². The number of aryl methyl sites for hydroxylation is 2. The van der Waals surface area contributed by atoms with Crippen LogP contribution in [0.15, 0.2) is 20.9 Å². The number of aromatic nitrogens is 1. The molecule has 0 aliphatic rings. The van der Waals surface area contributed by atoms with Crippen molar-refractivity contribution in [2.75, 3.05) is 7.05 Å². The van der Waals surface area contributed by atoms with E-state index in [1.165, 1.54) is 13.1 Å². The molecule has 2 aromatic rings. The molecular formula is C12H15N3O4S2. The SMILES string of the molecule is CNS(=O)(=O)c1ccc(CNC(=O)c2c(C)noc2C)s1. The van der Waals surface area contributed by atoms with Crippen LogP contribution in [-0.4, -0.2) is 26.5 Å². The number of nitrogens with one attached hydrogen (secondary N) is 2. The van der Waals surface area contributed by atoms with Crippen molar-refractivity contribution in [3.63, 3.8) is 0 Å². The molecule has 2 aromatic heterocycles. The Bertz CT molecular complexity index is 742. The number of sulfonamides is 1. The molecule has 1 amide bonds. The molecular weight excluding hydrogens is 314 g/mol. The second-order valence-corrected chi connectivity index (χ2v) is 7.59. The minimum Gasteiger partial charge on any atom is -0.361 e. The zero-order chi connectivity index (χ0) is 15.6. The molecule has 0 saturated heterocycles. The molecule has 2 rings (SSSR count). The number of nitrogens with zero attached hydrogens (tertiary/aromatic N) is 1. The molecule has 0 unspecified atom stereocenters. The predicted molar refractivity (Wildman–Crippen MR) is 77.7 cm³/mol. The Kier molecular flexibility index (Phi) is 4.45. The fourth-order valence-corrected chi connectivity index (χ4v) is 3.89. The second-order valence-electron chi connectivity index (χ2n) is 4.31.